The Bertz CT molecular complexity index is 853. The van der Waals surface area contributed by atoms with Crippen LogP contribution in [0.4, 0.5) is 0 Å². The molecule has 0 aromatic heterocycles. The fourth-order valence-corrected chi connectivity index (χ4v) is 3.64. The van der Waals surface area contributed by atoms with Gasteiger partial charge in [0.15, 0.2) is 0 Å². The zero-order chi connectivity index (χ0) is 14.9. The average molecular weight is 285 g/mol. The van der Waals surface area contributed by atoms with Crippen molar-refractivity contribution >= 4 is 32.3 Å². The van der Waals surface area contributed by atoms with Crippen molar-refractivity contribution in [2.24, 2.45) is 0 Å². The highest BCUT2D eigenvalue weighted by Gasteiger charge is 2.08. The summed E-state index contributed by atoms with van der Waals surface area (Å²) >= 11 is 0. The van der Waals surface area contributed by atoms with Gasteiger partial charge in [-0.1, -0.05) is 74.7 Å². The van der Waals surface area contributed by atoms with Crippen LogP contribution in [0.25, 0.3) is 32.3 Å². The molecule has 0 heteroatoms. The highest BCUT2D eigenvalue weighted by Crippen LogP contribution is 2.35. The van der Waals surface area contributed by atoms with E-state index in [1.165, 1.54) is 70.0 Å². The first kappa shape index (κ1) is 13.6. The van der Waals surface area contributed by atoms with Crippen molar-refractivity contribution in [2.75, 3.05) is 0 Å². The van der Waals surface area contributed by atoms with Crippen LogP contribution < -0.4 is 0 Å². The molecule has 0 aliphatic heterocycles. The number of aryl methyl sites for hydroxylation is 1. The summed E-state index contributed by atoms with van der Waals surface area (Å²) in [6.07, 6.45) is 6.50. The average Bonchev–Trinajstić information content (AvgIpc) is 2.56. The van der Waals surface area contributed by atoms with Gasteiger partial charge in [0.25, 0.3) is 0 Å². The predicted octanol–water partition coefficient (Wildman–Crippen LogP) is 6.51. The molecule has 4 rings (SSSR count). The van der Waals surface area contributed by atoms with Crippen molar-refractivity contribution in [3.63, 3.8) is 0 Å². The standard InChI is InChI=1S/C22H21/c1-2-3-4-5-7-16-14-19-12-10-17-8-6-9-18-11-13-20(15-16)22(19)21(17)18/h6,8,10-15H,2-5,7H2,1H3. The van der Waals surface area contributed by atoms with Crippen molar-refractivity contribution in [3.05, 3.63) is 60.2 Å². The van der Waals surface area contributed by atoms with Crippen molar-refractivity contribution in [2.45, 2.75) is 39.0 Å². The number of hydrogen-bond donors (Lipinski definition) is 0. The Labute approximate surface area is 132 Å². The van der Waals surface area contributed by atoms with Crippen molar-refractivity contribution in [1.29, 1.82) is 0 Å². The number of benzene rings is 4. The lowest BCUT2D eigenvalue weighted by Crippen LogP contribution is -1.89. The van der Waals surface area contributed by atoms with E-state index in [0.29, 0.717) is 0 Å². The second kappa shape index (κ2) is 5.61. The number of rotatable bonds is 5. The zero-order valence-corrected chi connectivity index (χ0v) is 13.2. The molecule has 0 atom stereocenters. The Morgan fingerprint density at radius 3 is 2.36 bits per heavy atom. The van der Waals surface area contributed by atoms with Crippen LogP contribution in [0.1, 0.15) is 38.2 Å². The molecule has 22 heavy (non-hydrogen) atoms. The summed E-state index contributed by atoms with van der Waals surface area (Å²) in [4.78, 5) is 0. The molecule has 0 unspecified atom stereocenters. The topological polar surface area (TPSA) is 0 Å². The minimum absolute atomic E-state index is 1.20. The maximum absolute atomic E-state index is 3.37. The molecular weight excluding hydrogens is 264 g/mol. The third kappa shape index (κ3) is 2.23. The molecule has 0 aliphatic carbocycles. The molecule has 0 amide bonds. The zero-order valence-electron chi connectivity index (χ0n) is 13.2. The summed E-state index contributed by atoms with van der Waals surface area (Å²) in [5, 5.41) is 8.08. The van der Waals surface area contributed by atoms with E-state index in [0.717, 1.165) is 0 Å². The Morgan fingerprint density at radius 2 is 1.55 bits per heavy atom. The van der Waals surface area contributed by atoms with Gasteiger partial charge in [-0.05, 0) is 56.8 Å². The lowest BCUT2D eigenvalue weighted by Gasteiger charge is -2.12. The molecule has 4 aromatic rings. The Hall–Kier alpha value is -2.08. The van der Waals surface area contributed by atoms with Crippen molar-refractivity contribution < 1.29 is 0 Å². The third-order valence-electron chi connectivity index (χ3n) is 4.76. The Balaban J connectivity index is 1.83. The summed E-state index contributed by atoms with van der Waals surface area (Å²) < 4.78 is 0. The molecule has 0 saturated carbocycles. The molecule has 0 saturated heterocycles. The summed E-state index contributed by atoms with van der Waals surface area (Å²) in [6, 6.07) is 21.3. The molecule has 0 N–H and O–H groups in total. The maximum Gasteiger partial charge on any atom is -0.00206 e. The van der Waals surface area contributed by atoms with Crippen LogP contribution in [0.3, 0.4) is 0 Å². The van der Waals surface area contributed by atoms with Crippen LogP contribution in [0.15, 0.2) is 48.5 Å². The molecule has 0 nitrogen and oxygen atoms in total. The first-order chi connectivity index (χ1) is 10.9. The number of hydrogen-bond acceptors (Lipinski definition) is 0. The monoisotopic (exact) mass is 285 g/mol. The summed E-state index contributed by atoms with van der Waals surface area (Å²) in [6.45, 7) is 2.27. The predicted molar refractivity (Wildman–Crippen MR) is 96.8 cm³/mol. The molecular formula is C22H21. The molecule has 0 spiro atoms. The van der Waals surface area contributed by atoms with Gasteiger partial charge in [0.1, 0.15) is 0 Å². The Morgan fingerprint density at radius 1 is 0.773 bits per heavy atom. The van der Waals surface area contributed by atoms with Gasteiger partial charge >= 0.3 is 0 Å². The minimum atomic E-state index is 1.20. The van der Waals surface area contributed by atoms with Crippen LogP contribution in [-0.2, 0) is 6.42 Å². The van der Waals surface area contributed by atoms with Gasteiger partial charge in [-0.15, -0.1) is 0 Å². The van der Waals surface area contributed by atoms with E-state index in [2.05, 4.69) is 55.5 Å². The van der Waals surface area contributed by atoms with E-state index in [-0.39, 0.29) is 0 Å². The van der Waals surface area contributed by atoms with Crippen molar-refractivity contribution in [3.8, 4) is 0 Å². The van der Waals surface area contributed by atoms with E-state index in [1.54, 1.807) is 0 Å². The van der Waals surface area contributed by atoms with E-state index >= 15 is 0 Å². The van der Waals surface area contributed by atoms with Gasteiger partial charge in [-0.2, -0.15) is 0 Å². The molecule has 4 aromatic carbocycles. The highest BCUT2D eigenvalue weighted by atomic mass is 14.1. The second-order valence-electron chi connectivity index (χ2n) is 6.35. The maximum atomic E-state index is 3.37. The van der Waals surface area contributed by atoms with Gasteiger partial charge in [-0.25, -0.2) is 0 Å². The molecule has 1 radical (unpaired) electrons. The molecule has 109 valence electrons. The van der Waals surface area contributed by atoms with Gasteiger partial charge in [0.05, 0.1) is 0 Å². The Kier molecular flexibility index (Phi) is 3.46. The SMILES string of the molecule is CCCCCCc1cc2ccc3[c]ccc4ccc(c1)c2c34. The van der Waals surface area contributed by atoms with E-state index in [1.807, 2.05) is 6.07 Å². The van der Waals surface area contributed by atoms with Gasteiger partial charge in [0.2, 0.25) is 0 Å². The fourth-order valence-electron chi connectivity index (χ4n) is 3.64. The van der Waals surface area contributed by atoms with E-state index < -0.39 is 0 Å². The second-order valence-corrected chi connectivity index (χ2v) is 6.35. The molecule has 0 bridgehead atoms. The highest BCUT2D eigenvalue weighted by molar-refractivity contribution is 6.22. The third-order valence-corrected chi connectivity index (χ3v) is 4.76. The van der Waals surface area contributed by atoms with Gasteiger partial charge in [-0.3, -0.25) is 0 Å². The summed E-state index contributed by atoms with van der Waals surface area (Å²) in [7, 11) is 0. The normalized spacial score (nSPS) is 11.9. The van der Waals surface area contributed by atoms with Crippen LogP contribution >= 0.6 is 0 Å². The molecule has 0 aliphatic rings. The summed E-state index contributed by atoms with van der Waals surface area (Å²) in [5.74, 6) is 0. The lowest BCUT2D eigenvalue weighted by atomic mass is 9.92. The van der Waals surface area contributed by atoms with Crippen LogP contribution in [0, 0.1) is 6.07 Å². The van der Waals surface area contributed by atoms with Crippen molar-refractivity contribution in [1.82, 2.24) is 0 Å². The summed E-state index contributed by atoms with van der Waals surface area (Å²) in [5.41, 5.74) is 1.48. The van der Waals surface area contributed by atoms with Crippen LogP contribution in [0.5, 0.6) is 0 Å². The largest absolute Gasteiger partial charge is 0.0654 e. The lowest BCUT2D eigenvalue weighted by molar-refractivity contribution is 0.667. The number of unbranched alkanes of at least 4 members (excludes halogenated alkanes) is 3. The molecule has 0 fully saturated rings. The first-order valence-electron chi connectivity index (χ1n) is 8.45. The van der Waals surface area contributed by atoms with E-state index in [4.69, 9.17) is 0 Å². The van der Waals surface area contributed by atoms with Crippen LogP contribution in [0.2, 0.25) is 0 Å². The molecule has 0 heterocycles. The minimum Gasteiger partial charge on any atom is -0.0654 e. The smallest absolute Gasteiger partial charge is 0.00206 e. The van der Waals surface area contributed by atoms with E-state index in [9.17, 15) is 0 Å². The van der Waals surface area contributed by atoms with Crippen LogP contribution in [-0.4, -0.2) is 0 Å². The van der Waals surface area contributed by atoms with Gasteiger partial charge < -0.3 is 0 Å². The fraction of sp³-hybridized carbons (Fsp3) is 0.273. The quantitative estimate of drug-likeness (QED) is 0.290. The first-order valence-corrected chi connectivity index (χ1v) is 8.45. The van der Waals surface area contributed by atoms with Gasteiger partial charge in [0, 0.05) is 0 Å².